The maximum atomic E-state index is 12.9. The van der Waals surface area contributed by atoms with Crippen LogP contribution in [0.5, 0.6) is 0 Å². The lowest BCUT2D eigenvalue weighted by atomic mass is 10.1. The van der Waals surface area contributed by atoms with E-state index >= 15 is 0 Å². The van der Waals surface area contributed by atoms with Crippen molar-refractivity contribution in [1.82, 2.24) is 18.7 Å². The van der Waals surface area contributed by atoms with Gasteiger partial charge >= 0.3 is 5.69 Å². The van der Waals surface area contributed by atoms with Gasteiger partial charge in [-0.3, -0.25) is 13.9 Å². The first-order valence-electron chi connectivity index (χ1n) is 10.3. The normalized spacial score (nSPS) is 12.1. The Bertz CT molecular complexity index is 1170. The van der Waals surface area contributed by atoms with Gasteiger partial charge in [0.05, 0.1) is 0 Å². The minimum absolute atomic E-state index is 0.351. The summed E-state index contributed by atoms with van der Waals surface area (Å²) in [5.74, 6) is 0.966. The second-order valence-corrected chi connectivity index (χ2v) is 8.11. The minimum Gasteiger partial charge on any atom is -0.303 e. The fourth-order valence-corrected chi connectivity index (χ4v) is 3.62. The van der Waals surface area contributed by atoms with Crippen LogP contribution in [0.4, 0.5) is 5.95 Å². The SMILES string of the molecule is C/C(CC(C)C)=N/Nc1nc2c(c(=O)n(C)c(=O)n2C)n1CCCc1ccccc1. The van der Waals surface area contributed by atoms with Crippen molar-refractivity contribution in [3.63, 3.8) is 0 Å². The average molecular weight is 411 g/mol. The number of hydrogen-bond donors (Lipinski definition) is 1. The molecule has 0 spiro atoms. The minimum atomic E-state index is -0.396. The third-order valence-electron chi connectivity index (χ3n) is 5.09. The molecule has 0 saturated heterocycles. The first-order valence-corrected chi connectivity index (χ1v) is 10.3. The van der Waals surface area contributed by atoms with Crippen molar-refractivity contribution in [1.29, 1.82) is 0 Å². The fourth-order valence-electron chi connectivity index (χ4n) is 3.62. The quantitative estimate of drug-likeness (QED) is 0.457. The zero-order chi connectivity index (χ0) is 21.8. The van der Waals surface area contributed by atoms with Crippen LogP contribution in [0.15, 0.2) is 45.0 Å². The zero-order valence-corrected chi connectivity index (χ0v) is 18.3. The molecule has 0 fully saturated rings. The van der Waals surface area contributed by atoms with Crippen LogP contribution in [0.1, 0.15) is 39.2 Å². The predicted octanol–water partition coefficient (Wildman–Crippen LogP) is 2.90. The van der Waals surface area contributed by atoms with Crippen LogP contribution in [0.25, 0.3) is 11.2 Å². The van der Waals surface area contributed by atoms with Gasteiger partial charge < -0.3 is 4.57 Å². The maximum Gasteiger partial charge on any atom is 0.332 e. The summed E-state index contributed by atoms with van der Waals surface area (Å²) in [4.78, 5) is 29.8. The molecule has 0 unspecified atom stereocenters. The molecule has 2 heterocycles. The highest BCUT2D eigenvalue weighted by Crippen LogP contribution is 2.17. The molecule has 160 valence electrons. The molecule has 0 aliphatic carbocycles. The van der Waals surface area contributed by atoms with Gasteiger partial charge in [-0.2, -0.15) is 10.1 Å². The summed E-state index contributed by atoms with van der Waals surface area (Å²) in [6, 6.07) is 10.2. The summed E-state index contributed by atoms with van der Waals surface area (Å²) < 4.78 is 4.36. The summed E-state index contributed by atoms with van der Waals surface area (Å²) in [7, 11) is 3.12. The summed E-state index contributed by atoms with van der Waals surface area (Å²) in [5, 5.41) is 4.45. The second kappa shape index (κ2) is 9.11. The summed E-state index contributed by atoms with van der Waals surface area (Å²) >= 11 is 0. The number of nitrogens with zero attached hydrogens (tertiary/aromatic N) is 5. The van der Waals surface area contributed by atoms with E-state index in [1.807, 2.05) is 29.7 Å². The van der Waals surface area contributed by atoms with Gasteiger partial charge in [0, 0.05) is 26.4 Å². The van der Waals surface area contributed by atoms with Crippen molar-refractivity contribution in [2.24, 2.45) is 25.1 Å². The van der Waals surface area contributed by atoms with Crippen LogP contribution >= 0.6 is 0 Å². The lowest BCUT2D eigenvalue weighted by Crippen LogP contribution is -2.37. The molecule has 0 radical (unpaired) electrons. The lowest BCUT2D eigenvalue weighted by Gasteiger charge is -2.10. The number of aromatic nitrogens is 4. The van der Waals surface area contributed by atoms with E-state index in [1.165, 1.54) is 17.2 Å². The van der Waals surface area contributed by atoms with E-state index in [4.69, 9.17) is 0 Å². The van der Waals surface area contributed by atoms with Gasteiger partial charge in [0.1, 0.15) is 0 Å². The monoisotopic (exact) mass is 410 g/mol. The van der Waals surface area contributed by atoms with Crippen LogP contribution in [-0.2, 0) is 27.1 Å². The zero-order valence-electron chi connectivity index (χ0n) is 18.3. The molecule has 3 aromatic rings. The number of hydrazone groups is 1. The maximum absolute atomic E-state index is 12.9. The van der Waals surface area contributed by atoms with E-state index in [0.717, 1.165) is 29.5 Å². The Morgan fingerprint density at radius 2 is 1.83 bits per heavy atom. The predicted molar refractivity (Wildman–Crippen MR) is 121 cm³/mol. The van der Waals surface area contributed by atoms with E-state index in [1.54, 1.807) is 7.05 Å². The third-order valence-corrected chi connectivity index (χ3v) is 5.09. The van der Waals surface area contributed by atoms with Gasteiger partial charge in [0.2, 0.25) is 5.95 Å². The highest BCUT2D eigenvalue weighted by Gasteiger charge is 2.19. The molecule has 1 aromatic carbocycles. The largest absolute Gasteiger partial charge is 0.332 e. The van der Waals surface area contributed by atoms with Gasteiger partial charge in [0.25, 0.3) is 5.56 Å². The molecule has 0 atom stereocenters. The van der Waals surface area contributed by atoms with Gasteiger partial charge in [-0.25, -0.2) is 10.2 Å². The molecule has 0 aliphatic heterocycles. The van der Waals surface area contributed by atoms with E-state index in [0.29, 0.717) is 29.6 Å². The first kappa shape index (κ1) is 21.5. The number of rotatable bonds is 8. The number of nitrogens with one attached hydrogen (secondary N) is 1. The number of imidazole rings is 1. The lowest BCUT2D eigenvalue weighted by molar-refractivity contribution is 0.650. The number of hydrogen-bond acceptors (Lipinski definition) is 5. The molecule has 0 bridgehead atoms. The number of fused-ring (bicyclic) bond motifs is 1. The average Bonchev–Trinajstić information content (AvgIpc) is 3.08. The number of aryl methyl sites for hydroxylation is 3. The van der Waals surface area contributed by atoms with Crippen molar-refractivity contribution in [2.45, 2.75) is 46.6 Å². The molecule has 1 N–H and O–H groups in total. The fraction of sp³-hybridized carbons (Fsp3) is 0.455. The van der Waals surface area contributed by atoms with Crippen molar-refractivity contribution < 1.29 is 0 Å². The Kier molecular flexibility index (Phi) is 6.54. The van der Waals surface area contributed by atoms with Crippen LogP contribution < -0.4 is 16.7 Å². The van der Waals surface area contributed by atoms with E-state index in [-0.39, 0.29) is 5.56 Å². The molecule has 3 rings (SSSR count). The van der Waals surface area contributed by atoms with Crippen molar-refractivity contribution in [3.8, 4) is 0 Å². The topological polar surface area (TPSA) is 86.2 Å². The molecule has 8 heteroatoms. The third kappa shape index (κ3) is 4.53. The molecular weight excluding hydrogens is 380 g/mol. The standard InChI is InChI=1S/C22H30N6O2/c1-15(2)14-16(3)24-25-21-23-19-18(20(29)27(5)22(30)26(19)4)28(21)13-9-12-17-10-7-6-8-11-17/h6-8,10-11,15H,9,12-14H2,1-5H3,(H,23,25)/b24-16-. The van der Waals surface area contributed by atoms with Crippen LogP contribution in [-0.4, -0.2) is 24.4 Å². The molecule has 0 aliphatic rings. The molecule has 30 heavy (non-hydrogen) atoms. The Morgan fingerprint density at radius 3 is 2.50 bits per heavy atom. The van der Waals surface area contributed by atoms with Crippen molar-refractivity contribution >= 4 is 22.8 Å². The van der Waals surface area contributed by atoms with E-state index in [9.17, 15) is 9.59 Å². The van der Waals surface area contributed by atoms with Crippen molar-refractivity contribution in [3.05, 3.63) is 56.7 Å². The van der Waals surface area contributed by atoms with Gasteiger partial charge in [-0.05, 0) is 37.7 Å². The van der Waals surface area contributed by atoms with Crippen LogP contribution in [0.2, 0.25) is 0 Å². The number of anilines is 1. The van der Waals surface area contributed by atoms with Gasteiger partial charge in [-0.15, -0.1) is 0 Å². The van der Waals surface area contributed by atoms with E-state index in [2.05, 4.69) is 41.5 Å². The molecule has 8 nitrogen and oxygen atoms in total. The Labute approximate surface area is 175 Å². The Balaban J connectivity index is 1.99. The molecular formula is C22H30N6O2. The van der Waals surface area contributed by atoms with Crippen LogP contribution in [0, 0.1) is 5.92 Å². The molecule has 0 saturated carbocycles. The summed E-state index contributed by atoms with van der Waals surface area (Å²) in [5.41, 5.74) is 5.24. The smallest absolute Gasteiger partial charge is 0.303 e. The van der Waals surface area contributed by atoms with Gasteiger partial charge in [-0.1, -0.05) is 44.2 Å². The Morgan fingerprint density at radius 1 is 1.13 bits per heavy atom. The second-order valence-electron chi connectivity index (χ2n) is 8.11. The Hall–Kier alpha value is -3.16. The van der Waals surface area contributed by atoms with Gasteiger partial charge in [0.15, 0.2) is 11.2 Å². The molecule has 0 amide bonds. The first-order chi connectivity index (χ1) is 14.3. The highest BCUT2D eigenvalue weighted by atomic mass is 16.2. The highest BCUT2D eigenvalue weighted by molar-refractivity contribution is 5.83. The number of benzene rings is 1. The van der Waals surface area contributed by atoms with Crippen LogP contribution in [0.3, 0.4) is 0 Å². The summed E-state index contributed by atoms with van der Waals surface area (Å²) in [6.07, 6.45) is 2.56. The summed E-state index contributed by atoms with van der Waals surface area (Å²) in [6.45, 7) is 6.82. The molecule has 2 aromatic heterocycles. The van der Waals surface area contributed by atoms with Crippen molar-refractivity contribution in [2.75, 3.05) is 5.43 Å². The van der Waals surface area contributed by atoms with E-state index < -0.39 is 5.69 Å².